The molecule has 0 aromatic carbocycles. The van der Waals surface area contributed by atoms with Crippen molar-refractivity contribution in [3.63, 3.8) is 0 Å². The summed E-state index contributed by atoms with van der Waals surface area (Å²) in [6.07, 6.45) is 12.1. The summed E-state index contributed by atoms with van der Waals surface area (Å²) in [5.74, 6) is 1.02. The van der Waals surface area contributed by atoms with Crippen molar-refractivity contribution >= 4 is 0 Å². The van der Waals surface area contributed by atoms with Crippen LogP contribution in [-0.2, 0) is 4.74 Å². The lowest BCUT2D eigenvalue weighted by molar-refractivity contribution is 0.0985. The van der Waals surface area contributed by atoms with Crippen LogP contribution >= 0.6 is 0 Å². The first-order valence-electron chi connectivity index (χ1n) is 10.5. The molecule has 0 aromatic heterocycles. The third-order valence-corrected chi connectivity index (χ3v) is 6.69. The SMILES string of the molecule is C=C(CC)/C(F)=C(/F)C(=C)OCC1CCC(C2CCC(CC)CC2)CC1. The third-order valence-electron chi connectivity index (χ3n) is 6.69. The Morgan fingerprint density at radius 3 is 1.77 bits per heavy atom. The van der Waals surface area contributed by atoms with E-state index in [4.69, 9.17) is 4.74 Å². The van der Waals surface area contributed by atoms with Gasteiger partial charge >= 0.3 is 0 Å². The van der Waals surface area contributed by atoms with E-state index >= 15 is 0 Å². The van der Waals surface area contributed by atoms with Crippen LogP contribution in [0, 0.1) is 23.7 Å². The van der Waals surface area contributed by atoms with Crippen molar-refractivity contribution in [1.29, 1.82) is 0 Å². The average Bonchev–Trinajstić information content (AvgIpc) is 2.70. The second kappa shape index (κ2) is 10.3. The van der Waals surface area contributed by atoms with Crippen molar-refractivity contribution in [3.05, 3.63) is 36.1 Å². The van der Waals surface area contributed by atoms with Gasteiger partial charge in [-0.15, -0.1) is 0 Å². The number of ether oxygens (including phenoxy) is 1. The van der Waals surface area contributed by atoms with Gasteiger partial charge in [0.15, 0.2) is 17.4 Å². The highest BCUT2D eigenvalue weighted by atomic mass is 19.2. The molecule has 0 unspecified atom stereocenters. The van der Waals surface area contributed by atoms with Crippen LogP contribution in [0.2, 0.25) is 0 Å². The fraction of sp³-hybridized carbons (Fsp3) is 0.739. The maximum Gasteiger partial charge on any atom is 0.200 e. The monoisotopic (exact) mass is 366 g/mol. The first-order chi connectivity index (χ1) is 12.5. The summed E-state index contributed by atoms with van der Waals surface area (Å²) < 4.78 is 33.2. The Hall–Kier alpha value is -1.12. The van der Waals surface area contributed by atoms with Gasteiger partial charge in [0.2, 0.25) is 0 Å². The third kappa shape index (κ3) is 5.69. The van der Waals surface area contributed by atoms with Crippen molar-refractivity contribution < 1.29 is 13.5 Å². The highest BCUT2D eigenvalue weighted by Gasteiger charge is 2.30. The first kappa shape index (κ1) is 21.2. The highest BCUT2D eigenvalue weighted by molar-refractivity contribution is 5.32. The Labute approximate surface area is 158 Å². The van der Waals surface area contributed by atoms with E-state index in [1.165, 1.54) is 44.9 Å². The van der Waals surface area contributed by atoms with E-state index in [1.807, 2.05) is 0 Å². The molecule has 0 amide bonds. The van der Waals surface area contributed by atoms with Crippen LogP contribution < -0.4 is 0 Å². The van der Waals surface area contributed by atoms with E-state index < -0.39 is 11.7 Å². The molecule has 0 aromatic rings. The fourth-order valence-corrected chi connectivity index (χ4v) is 4.61. The number of halogens is 2. The molecule has 1 nitrogen and oxygen atoms in total. The molecular weight excluding hydrogens is 330 g/mol. The zero-order valence-corrected chi connectivity index (χ0v) is 16.7. The van der Waals surface area contributed by atoms with Gasteiger partial charge in [-0.2, -0.15) is 4.39 Å². The van der Waals surface area contributed by atoms with Crippen LogP contribution in [0.4, 0.5) is 8.78 Å². The van der Waals surface area contributed by atoms with Crippen LogP contribution in [0.25, 0.3) is 0 Å². The quantitative estimate of drug-likeness (QED) is 0.316. The topological polar surface area (TPSA) is 9.23 Å². The van der Waals surface area contributed by atoms with Gasteiger partial charge in [-0.3, -0.25) is 0 Å². The maximum absolute atomic E-state index is 14.0. The second-order valence-corrected chi connectivity index (χ2v) is 8.29. The molecule has 0 radical (unpaired) electrons. The zero-order valence-electron chi connectivity index (χ0n) is 16.7. The van der Waals surface area contributed by atoms with Crippen LogP contribution in [0.15, 0.2) is 36.1 Å². The summed E-state index contributed by atoms with van der Waals surface area (Å²) in [7, 11) is 0. The lowest BCUT2D eigenvalue weighted by Crippen LogP contribution is -2.27. The fourth-order valence-electron chi connectivity index (χ4n) is 4.61. The summed E-state index contributed by atoms with van der Waals surface area (Å²) in [6.45, 7) is 11.6. The van der Waals surface area contributed by atoms with Crippen LogP contribution in [-0.4, -0.2) is 6.61 Å². The largest absolute Gasteiger partial charge is 0.491 e. The molecule has 2 aliphatic carbocycles. The minimum atomic E-state index is -1.00. The first-order valence-corrected chi connectivity index (χ1v) is 10.5. The molecule has 0 heterocycles. The molecule has 2 rings (SSSR count). The van der Waals surface area contributed by atoms with E-state index in [2.05, 4.69) is 20.1 Å². The number of allylic oxidation sites excluding steroid dienone is 3. The molecule has 2 saturated carbocycles. The molecule has 0 N–H and O–H groups in total. The molecule has 0 aliphatic heterocycles. The normalized spacial score (nSPS) is 30.5. The summed E-state index contributed by atoms with van der Waals surface area (Å²) >= 11 is 0. The lowest BCUT2D eigenvalue weighted by atomic mass is 9.69. The highest BCUT2D eigenvalue weighted by Crippen LogP contribution is 2.42. The van der Waals surface area contributed by atoms with E-state index in [9.17, 15) is 8.78 Å². The number of hydrogen-bond donors (Lipinski definition) is 0. The Morgan fingerprint density at radius 1 is 0.808 bits per heavy atom. The summed E-state index contributed by atoms with van der Waals surface area (Å²) in [5, 5.41) is 0. The van der Waals surface area contributed by atoms with Gasteiger partial charge in [0.25, 0.3) is 0 Å². The zero-order chi connectivity index (χ0) is 19.1. The molecular formula is C23H36F2O. The van der Waals surface area contributed by atoms with Crippen LogP contribution in [0.3, 0.4) is 0 Å². The smallest absolute Gasteiger partial charge is 0.200 e. The van der Waals surface area contributed by atoms with Gasteiger partial charge in [-0.25, -0.2) is 4.39 Å². The van der Waals surface area contributed by atoms with E-state index in [0.717, 1.165) is 30.6 Å². The van der Waals surface area contributed by atoms with Gasteiger partial charge in [-0.05, 0) is 74.2 Å². The van der Waals surface area contributed by atoms with Gasteiger partial charge in [0.05, 0.1) is 6.61 Å². The molecule has 3 heteroatoms. The lowest BCUT2D eigenvalue weighted by Gasteiger charge is -2.37. The van der Waals surface area contributed by atoms with Crippen LogP contribution in [0.1, 0.15) is 78.1 Å². The second-order valence-electron chi connectivity index (χ2n) is 8.29. The minimum absolute atomic E-state index is 0.144. The van der Waals surface area contributed by atoms with Crippen LogP contribution in [0.5, 0.6) is 0 Å². The molecule has 148 valence electrons. The van der Waals surface area contributed by atoms with Gasteiger partial charge in [0, 0.05) is 0 Å². The minimum Gasteiger partial charge on any atom is -0.491 e. The summed E-state index contributed by atoms with van der Waals surface area (Å²) in [6, 6.07) is 0. The van der Waals surface area contributed by atoms with Gasteiger partial charge in [-0.1, -0.05) is 46.3 Å². The summed E-state index contributed by atoms with van der Waals surface area (Å²) in [4.78, 5) is 0. The number of hydrogen-bond acceptors (Lipinski definition) is 1. The Morgan fingerprint density at radius 2 is 1.31 bits per heavy atom. The molecule has 0 bridgehead atoms. The molecule has 0 atom stereocenters. The van der Waals surface area contributed by atoms with Gasteiger partial charge in [0.1, 0.15) is 0 Å². The Bertz CT molecular complexity index is 506. The Balaban J connectivity index is 1.72. The predicted octanol–water partition coefficient (Wildman–Crippen LogP) is 7.66. The van der Waals surface area contributed by atoms with E-state index in [-0.39, 0.29) is 11.3 Å². The Kier molecular flexibility index (Phi) is 8.37. The summed E-state index contributed by atoms with van der Waals surface area (Å²) in [5.41, 5.74) is 0.144. The van der Waals surface area contributed by atoms with E-state index in [1.54, 1.807) is 6.92 Å². The van der Waals surface area contributed by atoms with Crippen molar-refractivity contribution in [2.24, 2.45) is 23.7 Å². The molecule has 26 heavy (non-hydrogen) atoms. The maximum atomic E-state index is 14.0. The van der Waals surface area contributed by atoms with Crippen molar-refractivity contribution in [2.75, 3.05) is 6.61 Å². The average molecular weight is 367 g/mol. The molecule has 0 saturated heterocycles. The van der Waals surface area contributed by atoms with Gasteiger partial charge < -0.3 is 4.74 Å². The van der Waals surface area contributed by atoms with Crippen molar-refractivity contribution in [3.8, 4) is 0 Å². The predicted molar refractivity (Wildman–Crippen MR) is 105 cm³/mol. The standard InChI is InChI=1S/C23H36F2O/c1-5-16(3)22(24)23(25)17(4)26-15-19-9-13-21(14-10-19)20-11-7-18(6-2)8-12-20/h18-21H,3-15H2,1-2H3/b23-22-. The molecule has 2 aliphatic rings. The number of rotatable bonds is 8. The van der Waals surface area contributed by atoms with Crippen molar-refractivity contribution in [1.82, 2.24) is 0 Å². The molecule has 2 fully saturated rings. The van der Waals surface area contributed by atoms with E-state index in [0.29, 0.717) is 18.9 Å². The van der Waals surface area contributed by atoms with Crippen molar-refractivity contribution in [2.45, 2.75) is 78.1 Å². The molecule has 0 spiro atoms.